The van der Waals surface area contributed by atoms with Crippen molar-refractivity contribution in [2.24, 2.45) is 4.99 Å². The van der Waals surface area contributed by atoms with Crippen LogP contribution in [0, 0.1) is 0 Å². The molecule has 0 bridgehead atoms. The lowest BCUT2D eigenvalue weighted by Gasteiger charge is -2.03. The van der Waals surface area contributed by atoms with Crippen LogP contribution in [0.4, 0.5) is 0 Å². The second-order valence-corrected chi connectivity index (χ2v) is 7.67. The van der Waals surface area contributed by atoms with Gasteiger partial charge in [0.25, 0.3) is 0 Å². The molecule has 0 saturated heterocycles. The Morgan fingerprint density at radius 1 is 0.560 bits per heavy atom. The number of unbranched alkanes of at least 4 members (excludes halogenated alkanes) is 18. The normalized spacial score (nSPS) is 10.9. The van der Waals surface area contributed by atoms with Gasteiger partial charge in [-0.15, -0.1) is 0 Å². The highest BCUT2D eigenvalue weighted by atomic mass is 16.1. The Labute approximate surface area is 158 Å². The van der Waals surface area contributed by atoms with Gasteiger partial charge in [0.1, 0.15) is 0 Å². The van der Waals surface area contributed by atoms with Crippen LogP contribution in [-0.4, -0.2) is 12.6 Å². The van der Waals surface area contributed by atoms with E-state index in [4.69, 9.17) is 0 Å². The van der Waals surface area contributed by atoms with Crippen LogP contribution in [0.1, 0.15) is 135 Å². The molecule has 0 aromatic carbocycles. The maximum atomic E-state index is 11.0. The fourth-order valence-electron chi connectivity index (χ4n) is 3.43. The van der Waals surface area contributed by atoms with Crippen LogP contribution in [0.2, 0.25) is 0 Å². The van der Waals surface area contributed by atoms with Crippen LogP contribution in [0.25, 0.3) is 0 Å². The Morgan fingerprint density at radius 2 is 0.840 bits per heavy atom. The standard InChI is InChI=1S/C23H45NO/c1-3-4-5-6-7-8-9-10-11-12-13-14-15-16-17-18-19-20-21-22-23(25)24-2/h2-22H2,1H3. The summed E-state index contributed by atoms with van der Waals surface area (Å²) in [7, 11) is 0. The van der Waals surface area contributed by atoms with Crippen LogP contribution in [0.5, 0.6) is 0 Å². The van der Waals surface area contributed by atoms with Gasteiger partial charge in [0.05, 0.1) is 0 Å². The number of aliphatic imine (C=N–C) groups is 1. The van der Waals surface area contributed by atoms with E-state index in [0.717, 1.165) is 6.42 Å². The first kappa shape index (κ1) is 24.3. The van der Waals surface area contributed by atoms with Crippen molar-refractivity contribution in [3.05, 3.63) is 0 Å². The zero-order chi connectivity index (χ0) is 18.4. The number of rotatable bonds is 20. The predicted molar refractivity (Wildman–Crippen MR) is 113 cm³/mol. The second-order valence-electron chi connectivity index (χ2n) is 7.67. The van der Waals surface area contributed by atoms with Gasteiger partial charge in [0.2, 0.25) is 5.91 Å². The zero-order valence-electron chi connectivity index (χ0n) is 17.2. The number of nitrogens with zero attached hydrogens (tertiary/aromatic N) is 1. The first-order valence-electron chi connectivity index (χ1n) is 11.3. The van der Waals surface area contributed by atoms with E-state index >= 15 is 0 Å². The monoisotopic (exact) mass is 351 g/mol. The van der Waals surface area contributed by atoms with Crippen molar-refractivity contribution >= 4 is 12.6 Å². The van der Waals surface area contributed by atoms with E-state index in [1.165, 1.54) is 116 Å². The number of carbonyl (C=O) groups excluding carboxylic acids is 1. The summed E-state index contributed by atoms with van der Waals surface area (Å²) in [5.74, 6) is -0.0491. The van der Waals surface area contributed by atoms with Gasteiger partial charge in [0.15, 0.2) is 0 Å². The maximum Gasteiger partial charge on any atom is 0.245 e. The van der Waals surface area contributed by atoms with E-state index in [2.05, 4.69) is 18.6 Å². The minimum atomic E-state index is -0.0491. The lowest BCUT2D eigenvalue weighted by molar-refractivity contribution is -0.117. The predicted octanol–water partition coefficient (Wildman–Crippen LogP) is 8.04. The van der Waals surface area contributed by atoms with Crippen LogP contribution in [0.3, 0.4) is 0 Å². The van der Waals surface area contributed by atoms with Gasteiger partial charge in [0, 0.05) is 6.42 Å². The van der Waals surface area contributed by atoms with Gasteiger partial charge < -0.3 is 0 Å². The van der Waals surface area contributed by atoms with Crippen molar-refractivity contribution in [3.63, 3.8) is 0 Å². The van der Waals surface area contributed by atoms with Gasteiger partial charge >= 0.3 is 0 Å². The molecule has 0 aliphatic rings. The lowest BCUT2D eigenvalue weighted by atomic mass is 10.0. The van der Waals surface area contributed by atoms with Gasteiger partial charge in [-0.1, -0.05) is 122 Å². The first-order valence-corrected chi connectivity index (χ1v) is 11.3. The van der Waals surface area contributed by atoms with Crippen molar-refractivity contribution in [2.75, 3.05) is 0 Å². The molecule has 0 saturated carbocycles. The molecule has 0 heterocycles. The smallest absolute Gasteiger partial charge is 0.245 e. The fourth-order valence-corrected chi connectivity index (χ4v) is 3.43. The SMILES string of the molecule is C=NC(=O)CCCCCCCCCCCCCCCCCCCCC. The molecular weight excluding hydrogens is 306 g/mol. The van der Waals surface area contributed by atoms with Crippen molar-refractivity contribution in [3.8, 4) is 0 Å². The van der Waals surface area contributed by atoms with Gasteiger partial charge in [-0.2, -0.15) is 0 Å². The molecule has 0 atom stereocenters. The van der Waals surface area contributed by atoms with Crippen LogP contribution in [-0.2, 0) is 4.79 Å². The molecule has 0 N–H and O–H groups in total. The third kappa shape index (κ3) is 21.3. The van der Waals surface area contributed by atoms with Crippen molar-refractivity contribution < 1.29 is 4.79 Å². The third-order valence-corrected chi connectivity index (χ3v) is 5.17. The fraction of sp³-hybridized carbons (Fsp3) is 0.913. The molecule has 0 fully saturated rings. The quantitative estimate of drug-likeness (QED) is 0.161. The van der Waals surface area contributed by atoms with E-state index in [1.807, 2.05) is 0 Å². The molecule has 0 aliphatic carbocycles. The Morgan fingerprint density at radius 3 is 1.12 bits per heavy atom. The second kappa shape index (κ2) is 21.4. The molecule has 0 spiro atoms. The molecule has 2 nitrogen and oxygen atoms in total. The summed E-state index contributed by atoms with van der Waals surface area (Å²) in [5, 5.41) is 0. The summed E-state index contributed by atoms with van der Waals surface area (Å²) >= 11 is 0. The Balaban J connectivity index is 3.00. The molecule has 0 aliphatic heterocycles. The van der Waals surface area contributed by atoms with E-state index in [0.29, 0.717) is 6.42 Å². The topological polar surface area (TPSA) is 29.4 Å². The van der Waals surface area contributed by atoms with Crippen molar-refractivity contribution in [1.29, 1.82) is 0 Å². The van der Waals surface area contributed by atoms with Crippen molar-refractivity contribution in [1.82, 2.24) is 0 Å². The molecule has 0 rings (SSSR count). The van der Waals surface area contributed by atoms with E-state index < -0.39 is 0 Å². The molecular formula is C23H45NO. The van der Waals surface area contributed by atoms with Gasteiger partial charge in [-0.05, 0) is 13.1 Å². The molecule has 0 aromatic rings. The van der Waals surface area contributed by atoms with Gasteiger partial charge in [-0.25, -0.2) is 4.99 Å². The van der Waals surface area contributed by atoms with Crippen LogP contribution < -0.4 is 0 Å². The summed E-state index contributed by atoms with van der Waals surface area (Å²) < 4.78 is 0. The lowest BCUT2D eigenvalue weighted by Crippen LogP contribution is -1.91. The average Bonchev–Trinajstić information content (AvgIpc) is 2.63. The molecule has 0 aromatic heterocycles. The zero-order valence-corrected chi connectivity index (χ0v) is 17.2. The number of hydrogen-bond donors (Lipinski definition) is 0. The highest BCUT2D eigenvalue weighted by Crippen LogP contribution is 2.14. The Kier molecular flexibility index (Phi) is 20.8. The first-order chi connectivity index (χ1) is 12.3. The maximum absolute atomic E-state index is 11.0. The summed E-state index contributed by atoms with van der Waals surface area (Å²) in [6.07, 6.45) is 26.8. The molecule has 0 unspecified atom stereocenters. The highest BCUT2D eigenvalue weighted by molar-refractivity contribution is 5.80. The molecule has 148 valence electrons. The molecule has 0 radical (unpaired) electrons. The minimum Gasteiger partial charge on any atom is -0.273 e. The Bertz CT molecular complexity index is 288. The van der Waals surface area contributed by atoms with E-state index in [9.17, 15) is 4.79 Å². The van der Waals surface area contributed by atoms with Gasteiger partial charge in [-0.3, -0.25) is 4.79 Å². The third-order valence-electron chi connectivity index (χ3n) is 5.17. The summed E-state index contributed by atoms with van der Waals surface area (Å²) in [4.78, 5) is 14.4. The van der Waals surface area contributed by atoms with Crippen LogP contribution in [0.15, 0.2) is 4.99 Å². The molecule has 25 heavy (non-hydrogen) atoms. The number of hydrogen-bond acceptors (Lipinski definition) is 1. The largest absolute Gasteiger partial charge is 0.273 e. The van der Waals surface area contributed by atoms with Crippen LogP contribution >= 0.6 is 0 Å². The number of amides is 1. The summed E-state index contributed by atoms with van der Waals surface area (Å²) in [6, 6.07) is 0. The summed E-state index contributed by atoms with van der Waals surface area (Å²) in [5.41, 5.74) is 0. The average molecular weight is 352 g/mol. The van der Waals surface area contributed by atoms with E-state index in [-0.39, 0.29) is 5.91 Å². The molecule has 2 heteroatoms. The summed E-state index contributed by atoms with van der Waals surface area (Å²) in [6.45, 7) is 5.55. The minimum absolute atomic E-state index is 0.0491. The van der Waals surface area contributed by atoms with Crippen molar-refractivity contribution in [2.45, 2.75) is 135 Å². The highest BCUT2D eigenvalue weighted by Gasteiger charge is 1.97. The Hall–Kier alpha value is -0.660. The van der Waals surface area contributed by atoms with E-state index in [1.54, 1.807) is 0 Å². The molecule has 1 amide bonds. The number of carbonyl (C=O) groups is 1.